The molecule has 1 unspecified atom stereocenters. The third-order valence-corrected chi connectivity index (χ3v) is 2.78. The summed E-state index contributed by atoms with van der Waals surface area (Å²) in [5.74, 6) is 0. The summed E-state index contributed by atoms with van der Waals surface area (Å²) in [7, 11) is 0. The van der Waals surface area contributed by atoms with Gasteiger partial charge in [0.25, 0.3) is 0 Å². The first-order valence-corrected chi connectivity index (χ1v) is 5.50. The minimum absolute atomic E-state index is 0.279. The van der Waals surface area contributed by atoms with Gasteiger partial charge in [-0.25, -0.2) is 0 Å². The summed E-state index contributed by atoms with van der Waals surface area (Å²) in [6.07, 6.45) is -3.83. The molecule has 3 N–H and O–H groups in total. The van der Waals surface area contributed by atoms with Crippen LogP contribution in [0.3, 0.4) is 0 Å². The second-order valence-corrected chi connectivity index (χ2v) is 4.00. The SMILES string of the molecule is OC[C@H]1OC(O)[C@@H](OCc2ccccc2)[C@@H]1O. The van der Waals surface area contributed by atoms with Crippen LogP contribution in [0, 0.1) is 0 Å². The van der Waals surface area contributed by atoms with Crippen molar-refractivity contribution in [2.75, 3.05) is 6.61 Å². The van der Waals surface area contributed by atoms with Gasteiger partial charge >= 0.3 is 0 Å². The van der Waals surface area contributed by atoms with E-state index in [1.54, 1.807) is 0 Å². The molecule has 0 bridgehead atoms. The summed E-state index contributed by atoms with van der Waals surface area (Å²) >= 11 is 0. The molecule has 5 heteroatoms. The van der Waals surface area contributed by atoms with Crippen LogP contribution in [-0.4, -0.2) is 46.5 Å². The first kappa shape index (κ1) is 12.5. The molecular formula is C12H16O5. The molecule has 0 radical (unpaired) electrons. The molecule has 0 aromatic heterocycles. The van der Waals surface area contributed by atoms with E-state index in [0.717, 1.165) is 5.56 Å². The van der Waals surface area contributed by atoms with E-state index in [1.165, 1.54) is 0 Å². The highest BCUT2D eigenvalue weighted by molar-refractivity contribution is 5.13. The Morgan fingerprint density at radius 3 is 2.47 bits per heavy atom. The Morgan fingerprint density at radius 1 is 1.18 bits per heavy atom. The molecule has 1 fully saturated rings. The molecule has 1 saturated heterocycles. The minimum Gasteiger partial charge on any atom is -0.394 e. The van der Waals surface area contributed by atoms with E-state index in [4.69, 9.17) is 14.6 Å². The fraction of sp³-hybridized carbons (Fsp3) is 0.500. The fourth-order valence-corrected chi connectivity index (χ4v) is 1.82. The number of aliphatic hydroxyl groups excluding tert-OH is 3. The van der Waals surface area contributed by atoms with Crippen LogP contribution in [0.5, 0.6) is 0 Å². The van der Waals surface area contributed by atoms with Crippen molar-refractivity contribution >= 4 is 0 Å². The Kier molecular flexibility index (Phi) is 4.09. The maximum atomic E-state index is 9.73. The number of hydrogen-bond acceptors (Lipinski definition) is 5. The second kappa shape index (κ2) is 5.57. The van der Waals surface area contributed by atoms with Gasteiger partial charge in [0, 0.05) is 0 Å². The Bertz CT molecular complexity index is 342. The van der Waals surface area contributed by atoms with Crippen LogP contribution < -0.4 is 0 Å². The molecule has 1 heterocycles. The topological polar surface area (TPSA) is 79.2 Å². The summed E-state index contributed by atoms with van der Waals surface area (Å²) in [6, 6.07) is 9.43. The summed E-state index contributed by atoms with van der Waals surface area (Å²) in [6.45, 7) is -0.0649. The van der Waals surface area contributed by atoms with Crippen LogP contribution in [-0.2, 0) is 16.1 Å². The zero-order valence-corrected chi connectivity index (χ0v) is 9.27. The quantitative estimate of drug-likeness (QED) is 0.670. The minimum atomic E-state index is -1.20. The van der Waals surface area contributed by atoms with Gasteiger partial charge in [-0.05, 0) is 5.56 Å². The van der Waals surface area contributed by atoms with E-state index in [0.29, 0.717) is 0 Å². The third-order valence-electron chi connectivity index (χ3n) is 2.78. The van der Waals surface area contributed by atoms with Crippen molar-refractivity contribution in [2.24, 2.45) is 0 Å². The van der Waals surface area contributed by atoms with Gasteiger partial charge in [0.15, 0.2) is 6.29 Å². The number of benzene rings is 1. The van der Waals surface area contributed by atoms with Crippen molar-refractivity contribution < 1.29 is 24.8 Å². The van der Waals surface area contributed by atoms with Crippen LogP contribution in [0.1, 0.15) is 5.56 Å². The zero-order valence-electron chi connectivity index (χ0n) is 9.27. The predicted octanol–water partition coefficient (Wildman–Crippen LogP) is -0.358. The van der Waals surface area contributed by atoms with Crippen LogP contribution in [0.4, 0.5) is 0 Å². The van der Waals surface area contributed by atoms with Gasteiger partial charge in [0.2, 0.25) is 0 Å². The normalized spacial score (nSPS) is 32.9. The van der Waals surface area contributed by atoms with Gasteiger partial charge in [-0.3, -0.25) is 0 Å². The van der Waals surface area contributed by atoms with Gasteiger partial charge in [-0.1, -0.05) is 30.3 Å². The Labute approximate surface area is 99.2 Å². The molecule has 1 aliphatic heterocycles. The highest BCUT2D eigenvalue weighted by atomic mass is 16.7. The predicted molar refractivity (Wildman–Crippen MR) is 59.0 cm³/mol. The van der Waals surface area contributed by atoms with Crippen molar-refractivity contribution in [2.45, 2.75) is 31.2 Å². The van der Waals surface area contributed by atoms with Crippen molar-refractivity contribution in [1.29, 1.82) is 0 Å². The molecule has 0 spiro atoms. The lowest BCUT2D eigenvalue weighted by Gasteiger charge is -2.17. The van der Waals surface area contributed by atoms with E-state index in [-0.39, 0.29) is 13.2 Å². The van der Waals surface area contributed by atoms with Crippen LogP contribution in [0.2, 0.25) is 0 Å². The molecular weight excluding hydrogens is 224 g/mol. The average molecular weight is 240 g/mol. The Morgan fingerprint density at radius 2 is 1.88 bits per heavy atom. The van der Waals surface area contributed by atoms with Gasteiger partial charge in [0.05, 0.1) is 13.2 Å². The average Bonchev–Trinajstić information content (AvgIpc) is 2.63. The molecule has 0 saturated carbocycles. The third kappa shape index (κ3) is 2.83. The molecule has 5 nitrogen and oxygen atoms in total. The molecule has 2 rings (SSSR count). The van der Waals surface area contributed by atoms with Crippen LogP contribution >= 0.6 is 0 Å². The van der Waals surface area contributed by atoms with Crippen molar-refractivity contribution in [3.63, 3.8) is 0 Å². The molecule has 17 heavy (non-hydrogen) atoms. The molecule has 0 amide bonds. The van der Waals surface area contributed by atoms with Gasteiger partial charge in [-0.2, -0.15) is 0 Å². The van der Waals surface area contributed by atoms with Crippen molar-refractivity contribution in [3.8, 4) is 0 Å². The number of ether oxygens (including phenoxy) is 2. The molecule has 1 aliphatic rings. The molecule has 1 aromatic carbocycles. The Balaban J connectivity index is 1.91. The molecule has 94 valence electrons. The van der Waals surface area contributed by atoms with Crippen LogP contribution in [0.15, 0.2) is 30.3 Å². The number of hydrogen-bond donors (Lipinski definition) is 3. The van der Waals surface area contributed by atoms with E-state index < -0.39 is 24.6 Å². The maximum absolute atomic E-state index is 9.73. The number of rotatable bonds is 4. The zero-order chi connectivity index (χ0) is 12.3. The monoisotopic (exact) mass is 240 g/mol. The lowest BCUT2D eigenvalue weighted by Crippen LogP contribution is -2.36. The van der Waals surface area contributed by atoms with E-state index in [1.807, 2.05) is 30.3 Å². The summed E-state index contributed by atoms with van der Waals surface area (Å²) in [5.41, 5.74) is 0.944. The highest BCUT2D eigenvalue weighted by Crippen LogP contribution is 2.23. The fourth-order valence-electron chi connectivity index (χ4n) is 1.82. The first-order valence-electron chi connectivity index (χ1n) is 5.50. The van der Waals surface area contributed by atoms with Crippen molar-refractivity contribution in [3.05, 3.63) is 35.9 Å². The second-order valence-electron chi connectivity index (χ2n) is 4.00. The number of aliphatic hydroxyl groups is 3. The Hall–Kier alpha value is -0.980. The van der Waals surface area contributed by atoms with Crippen molar-refractivity contribution in [1.82, 2.24) is 0 Å². The van der Waals surface area contributed by atoms with E-state index in [2.05, 4.69) is 0 Å². The first-order chi connectivity index (χ1) is 8.22. The summed E-state index contributed by atoms with van der Waals surface area (Å²) in [5, 5.41) is 28.2. The molecule has 4 atom stereocenters. The largest absolute Gasteiger partial charge is 0.394 e. The smallest absolute Gasteiger partial charge is 0.184 e. The maximum Gasteiger partial charge on any atom is 0.184 e. The summed E-state index contributed by atoms with van der Waals surface area (Å²) < 4.78 is 10.4. The standard InChI is InChI=1S/C12H16O5/c13-6-9-10(14)11(12(15)17-9)16-7-8-4-2-1-3-5-8/h1-5,9-15H,6-7H2/t9-,10-,11+,12?/m1/s1. The highest BCUT2D eigenvalue weighted by Gasteiger charge is 2.43. The molecule has 1 aromatic rings. The van der Waals surface area contributed by atoms with Gasteiger partial charge < -0.3 is 24.8 Å². The lowest BCUT2D eigenvalue weighted by atomic mass is 10.1. The summed E-state index contributed by atoms with van der Waals surface area (Å²) in [4.78, 5) is 0. The van der Waals surface area contributed by atoms with Gasteiger partial charge in [-0.15, -0.1) is 0 Å². The van der Waals surface area contributed by atoms with E-state index in [9.17, 15) is 10.2 Å². The van der Waals surface area contributed by atoms with Gasteiger partial charge in [0.1, 0.15) is 18.3 Å². The van der Waals surface area contributed by atoms with Crippen LogP contribution in [0.25, 0.3) is 0 Å². The van der Waals surface area contributed by atoms with E-state index >= 15 is 0 Å². The molecule has 0 aliphatic carbocycles. The lowest BCUT2D eigenvalue weighted by molar-refractivity contribution is -0.150.